The Balaban J connectivity index is 1.80. The van der Waals surface area contributed by atoms with E-state index in [0.29, 0.717) is 32.2 Å². The Hall–Kier alpha value is -0.900. The fourth-order valence-corrected chi connectivity index (χ4v) is 4.76. The minimum atomic E-state index is -3.26. The van der Waals surface area contributed by atoms with Crippen molar-refractivity contribution >= 4 is 16.0 Å². The quantitative estimate of drug-likeness (QED) is 0.440. The standard InChI is InChI=1S/C18H37N5O3S/c1-15(2)26-12-13-27(24,25)23-10-8-22(9-11-23)18(19-3)20-14-17(21(4)5)16-6-7-16/h15-17H,6-14H2,1-5H3,(H,19,20). The van der Waals surface area contributed by atoms with Crippen LogP contribution >= 0.6 is 0 Å². The number of sulfonamides is 1. The number of nitrogens with zero attached hydrogens (tertiary/aromatic N) is 4. The van der Waals surface area contributed by atoms with Gasteiger partial charge in [0.05, 0.1) is 18.5 Å². The summed E-state index contributed by atoms with van der Waals surface area (Å²) in [6, 6.07) is 0.518. The van der Waals surface area contributed by atoms with Gasteiger partial charge >= 0.3 is 0 Å². The lowest BCUT2D eigenvalue weighted by atomic mass is 10.1. The Morgan fingerprint density at radius 2 is 1.85 bits per heavy atom. The van der Waals surface area contributed by atoms with Gasteiger partial charge in [-0.1, -0.05) is 0 Å². The first-order valence-corrected chi connectivity index (χ1v) is 11.6. The largest absolute Gasteiger partial charge is 0.378 e. The van der Waals surface area contributed by atoms with Crippen LogP contribution in [-0.4, -0.2) is 107 Å². The molecule has 1 heterocycles. The topological polar surface area (TPSA) is 77.5 Å². The molecule has 27 heavy (non-hydrogen) atoms. The first-order valence-electron chi connectivity index (χ1n) is 9.96. The lowest BCUT2D eigenvalue weighted by molar-refractivity contribution is 0.0904. The van der Waals surface area contributed by atoms with Crippen molar-refractivity contribution in [2.24, 2.45) is 10.9 Å². The lowest BCUT2D eigenvalue weighted by Crippen LogP contribution is -2.55. The van der Waals surface area contributed by atoms with Crippen LogP contribution in [0, 0.1) is 5.92 Å². The average Bonchev–Trinajstić information content (AvgIpc) is 3.43. The van der Waals surface area contributed by atoms with Crippen LogP contribution in [0.5, 0.6) is 0 Å². The van der Waals surface area contributed by atoms with Crippen LogP contribution in [0.1, 0.15) is 26.7 Å². The summed E-state index contributed by atoms with van der Waals surface area (Å²) < 4.78 is 31.9. The van der Waals surface area contributed by atoms with Gasteiger partial charge in [0.15, 0.2) is 5.96 Å². The van der Waals surface area contributed by atoms with Gasteiger partial charge in [-0.15, -0.1) is 0 Å². The van der Waals surface area contributed by atoms with Crippen LogP contribution in [0.25, 0.3) is 0 Å². The fourth-order valence-electron chi connectivity index (χ4n) is 3.48. The molecule has 1 atom stereocenters. The van der Waals surface area contributed by atoms with E-state index >= 15 is 0 Å². The molecule has 1 saturated heterocycles. The van der Waals surface area contributed by atoms with Crippen molar-refractivity contribution in [1.29, 1.82) is 0 Å². The third-order valence-corrected chi connectivity index (χ3v) is 7.07. The second-order valence-electron chi connectivity index (χ2n) is 7.92. The molecule has 2 rings (SSSR count). The molecule has 1 N–H and O–H groups in total. The Bertz CT molecular complexity index is 580. The number of ether oxygens (including phenoxy) is 1. The summed E-state index contributed by atoms with van der Waals surface area (Å²) in [7, 11) is 2.78. The summed E-state index contributed by atoms with van der Waals surface area (Å²) in [4.78, 5) is 8.83. The molecule has 8 nitrogen and oxygen atoms in total. The van der Waals surface area contributed by atoms with E-state index in [1.54, 1.807) is 11.4 Å². The summed E-state index contributed by atoms with van der Waals surface area (Å²) in [5.41, 5.74) is 0. The van der Waals surface area contributed by atoms with E-state index < -0.39 is 10.0 Å². The Labute approximate surface area is 165 Å². The molecule has 158 valence electrons. The Kier molecular flexibility index (Phi) is 8.33. The van der Waals surface area contributed by atoms with Crippen molar-refractivity contribution in [3.63, 3.8) is 0 Å². The minimum absolute atomic E-state index is 0.0457. The van der Waals surface area contributed by atoms with Crippen LogP contribution < -0.4 is 5.32 Å². The third-order valence-electron chi connectivity index (χ3n) is 5.23. The lowest BCUT2D eigenvalue weighted by Gasteiger charge is -2.36. The number of aliphatic imine (C=N–C) groups is 1. The van der Waals surface area contributed by atoms with E-state index in [1.165, 1.54) is 12.8 Å². The maximum absolute atomic E-state index is 12.5. The maximum atomic E-state index is 12.5. The Morgan fingerprint density at radius 3 is 2.33 bits per heavy atom. The molecule has 2 aliphatic rings. The van der Waals surface area contributed by atoms with E-state index in [2.05, 4.69) is 34.2 Å². The van der Waals surface area contributed by atoms with Crippen molar-refractivity contribution < 1.29 is 13.2 Å². The summed E-state index contributed by atoms with van der Waals surface area (Å²) >= 11 is 0. The molecule has 2 fully saturated rings. The van der Waals surface area contributed by atoms with Gasteiger partial charge in [0.1, 0.15) is 0 Å². The predicted molar refractivity (Wildman–Crippen MR) is 110 cm³/mol. The molecular weight excluding hydrogens is 366 g/mol. The predicted octanol–water partition coefficient (Wildman–Crippen LogP) is 0.274. The number of piperazine rings is 1. The normalized spacial score (nSPS) is 21.1. The Morgan fingerprint density at radius 1 is 1.22 bits per heavy atom. The van der Waals surface area contributed by atoms with Crippen molar-refractivity contribution in [2.75, 3.05) is 66.2 Å². The van der Waals surface area contributed by atoms with Gasteiger partial charge in [-0.05, 0) is 46.7 Å². The molecule has 0 aromatic rings. The zero-order valence-electron chi connectivity index (χ0n) is 17.5. The van der Waals surface area contributed by atoms with Gasteiger partial charge < -0.3 is 19.9 Å². The molecule has 1 aliphatic heterocycles. The minimum Gasteiger partial charge on any atom is -0.378 e. The highest BCUT2D eigenvalue weighted by Gasteiger charge is 2.33. The third kappa shape index (κ3) is 6.89. The van der Waals surface area contributed by atoms with Crippen LogP contribution in [0.15, 0.2) is 4.99 Å². The molecule has 0 amide bonds. The number of guanidine groups is 1. The molecule has 1 saturated carbocycles. The number of hydrogen-bond acceptors (Lipinski definition) is 5. The van der Waals surface area contributed by atoms with E-state index in [0.717, 1.165) is 18.4 Å². The molecule has 0 aromatic carbocycles. The van der Waals surface area contributed by atoms with Gasteiger partial charge in [-0.25, -0.2) is 8.42 Å². The van der Waals surface area contributed by atoms with Crippen molar-refractivity contribution in [1.82, 2.24) is 19.4 Å². The molecule has 1 aliphatic carbocycles. The molecule has 0 bridgehead atoms. The van der Waals surface area contributed by atoms with Gasteiger partial charge in [0, 0.05) is 45.8 Å². The first kappa shape index (κ1) is 22.4. The zero-order valence-corrected chi connectivity index (χ0v) is 18.3. The smallest absolute Gasteiger partial charge is 0.216 e. The van der Waals surface area contributed by atoms with Crippen LogP contribution in [-0.2, 0) is 14.8 Å². The highest BCUT2D eigenvalue weighted by atomic mass is 32.2. The molecule has 0 spiro atoms. The highest BCUT2D eigenvalue weighted by molar-refractivity contribution is 7.89. The molecule has 0 radical (unpaired) electrons. The number of nitrogens with one attached hydrogen (secondary N) is 1. The van der Waals surface area contributed by atoms with Gasteiger partial charge in [-0.2, -0.15) is 4.31 Å². The maximum Gasteiger partial charge on any atom is 0.216 e. The number of hydrogen-bond donors (Lipinski definition) is 1. The zero-order chi connectivity index (χ0) is 20.0. The van der Waals surface area contributed by atoms with E-state index in [1.807, 2.05) is 13.8 Å². The number of likely N-dealkylation sites (N-methyl/N-ethyl adjacent to an activating group) is 1. The van der Waals surface area contributed by atoms with Crippen LogP contribution in [0.3, 0.4) is 0 Å². The second-order valence-corrected chi connectivity index (χ2v) is 10.0. The van der Waals surface area contributed by atoms with Crippen molar-refractivity contribution in [3.8, 4) is 0 Å². The summed E-state index contributed by atoms with van der Waals surface area (Å²) in [6.07, 6.45) is 2.66. The highest BCUT2D eigenvalue weighted by Crippen LogP contribution is 2.34. The van der Waals surface area contributed by atoms with Crippen LogP contribution in [0.4, 0.5) is 0 Å². The van der Waals surface area contributed by atoms with Gasteiger partial charge in [0.25, 0.3) is 0 Å². The van der Waals surface area contributed by atoms with Gasteiger partial charge in [-0.3, -0.25) is 4.99 Å². The average molecular weight is 404 g/mol. The van der Waals surface area contributed by atoms with Crippen molar-refractivity contribution in [3.05, 3.63) is 0 Å². The van der Waals surface area contributed by atoms with E-state index in [4.69, 9.17) is 4.74 Å². The fraction of sp³-hybridized carbons (Fsp3) is 0.944. The van der Waals surface area contributed by atoms with E-state index in [-0.39, 0.29) is 18.5 Å². The monoisotopic (exact) mass is 403 g/mol. The van der Waals surface area contributed by atoms with Crippen molar-refractivity contribution in [2.45, 2.75) is 38.8 Å². The molecule has 9 heteroatoms. The SMILES string of the molecule is CN=C(NCC(C1CC1)N(C)C)N1CCN(S(=O)(=O)CCOC(C)C)CC1. The second kappa shape index (κ2) is 10.0. The molecular formula is C18H37N5O3S. The van der Waals surface area contributed by atoms with Crippen LogP contribution in [0.2, 0.25) is 0 Å². The van der Waals surface area contributed by atoms with Gasteiger partial charge in [0.2, 0.25) is 10.0 Å². The first-order chi connectivity index (χ1) is 12.7. The number of rotatable bonds is 9. The summed E-state index contributed by atoms with van der Waals surface area (Å²) in [6.45, 7) is 7.23. The molecule has 0 aromatic heterocycles. The summed E-state index contributed by atoms with van der Waals surface area (Å²) in [5.74, 6) is 1.69. The molecule has 1 unspecified atom stereocenters. The van der Waals surface area contributed by atoms with E-state index in [9.17, 15) is 8.42 Å². The summed E-state index contributed by atoms with van der Waals surface area (Å²) in [5, 5.41) is 3.49.